The maximum Gasteiger partial charge on any atom is 0.264 e. The maximum absolute atomic E-state index is 14.3. The number of amides is 2. The number of nitrogens with one attached hydrogen (secondary N) is 1. The molecular weight excluding hydrogens is 550 g/mol. The fourth-order valence-electron chi connectivity index (χ4n) is 4.64. The Hall–Kier alpha value is -3.85. The van der Waals surface area contributed by atoms with Crippen molar-refractivity contribution in [2.24, 2.45) is 0 Å². The maximum atomic E-state index is 14.3. The fraction of sp³-hybridized carbons (Fsp3) is 0.394. The molecule has 0 unspecified atom stereocenters. The highest BCUT2D eigenvalue weighted by atomic mass is 32.2. The number of carbonyl (C=O) groups is 2. The van der Waals surface area contributed by atoms with Gasteiger partial charge in [-0.1, -0.05) is 48.9 Å². The SMILES string of the molecule is CC[C@@H](C(=O)NC(C)(C)C)N(Cc1ccc(OC)cc1)C(=O)CN(c1cc(C)ccc1C)S(=O)(=O)c1ccc(C)cc1. The first-order valence-electron chi connectivity index (χ1n) is 14.1. The summed E-state index contributed by atoms with van der Waals surface area (Å²) in [6, 6.07) is 18.5. The predicted molar refractivity (Wildman–Crippen MR) is 167 cm³/mol. The van der Waals surface area contributed by atoms with E-state index in [0.29, 0.717) is 23.4 Å². The molecule has 42 heavy (non-hydrogen) atoms. The highest BCUT2D eigenvalue weighted by molar-refractivity contribution is 7.92. The van der Waals surface area contributed by atoms with Crippen LogP contribution in [-0.4, -0.2) is 50.4 Å². The Labute approximate surface area is 250 Å². The van der Waals surface area contributed by atoms with E-state index in [1.807, 2.05) is 72.7 Å². The molecule has 0 heterocycles. The molecule has 0 aliphatic carbocycles. The molecule has 0 bridgehead atoms. The molecule has 0 aliphatic rings. The number of aryl methyl sites for hydroxylation is 3. The number of rotatable bonds is 11. The molecule has 9 heteroatoms. The first-order valence-corrected chi connectivity index (χ1v) is 15.5. The average Bonchev–Trinajstić information content (AvgIpc) is 2.92. The van der Waals surface area contributed by atoms with Gasteiger partial charge in [-0.2, -0.15) is 0 Å². The molecule has 0 saturated carbocycles. The van der Waals surface area contributed by atoms with Crippen LogP contribution in [0.15, 0.2) is 71.6 Å². The molecule has 226 valence electrons. The summed E-state index contributed by atoms with van der Waals surface area (Å²) in [5.74, 6) is -0.121. The van der Waals surface area contributed by atoms with Gasteiger partial charge in [-0.05, 0) is 95.0 Å². The van der Waals surface area contributed by atoms with E-state index in [0.717, 1.165) is 21.0 Å². The second-order valence-electron chi connectivity index (χ2n) is 11.6. The summed E-state index contributed by atoms with van der Waals surface area (Å²) < 4.78 is 34.7. The molecule has 3 rings (SSSR count). The van der Waals surface area contributed by atoms with E-state index in [1.165, 1.54) is 4.90 Å². The van der Waals surface area contributed by atoms with Crippen LogP contribution in [0.2, 0.25) is 0 Å². The monoisotopic (exact) mass is 593 g/mol. The third-order valence-corrected chi connectivity index (χ3v) is 8.69. The summed E-state index contributed by atoms with van der Waals surface area (Å²) in [6.07, 6.45) is 0.345. The van der Waals surface area contributed by atoms with Crippen molar-refractivity contribution in [1.29, 1.82) is 0 Å². The lowest BCUT2D eigenvalue weighted by molar-refractivity contribution is -0.141. The van der Waals surface area contributed by atoms with E-state index in [4.69, 9.17) is 4.74 Å². The summed E-state index contributed by atoms with van der Waals surface area (Å²) in [5, 5.41) is 2.99. The van der Waals surface area contributed by atoms with Gasteiger partial charge in [0.2, 0.25) is 11.8 Å². The lowest BCUT2D eigenvalue weighted by Crippen LogP contribution is -2.55. The van der Waals surface area contributed by atoms with Crippen LogP contribution in [0.3, 0.4) is 0 Å². The number of hydrogen-bond donors (Lipinski definition) is 1. The number of hydrogen-bond acceptors (Lipinski definition) is 5. The van der Waals surface area contributed by atoms with Crippen LogP contribution in [0.5, 0.6) is 5.75 Å². The van der Waals surface area contributed by atoms with Crippen molar-refractivity contribution in [3.05, 3.63) is 89.0 Å². The zero-order valence-corrected chi connectivity index (χ0v) is 26.7. The van der Waals surface area contributed by atoms with E-state index in [1.54, 1.807) is 49.6 Å². The molecular formula is C33H43N3O5S. The molecule has 1 atom stereocenters. The molecule has 8 nitrogen and oxygen atoms in total. The van der Waals surface area contributed by atoms with Crippen molar-refractivity contribution in [1.82, 2.24) is 10.2 Å². The van der Waals surface area contributed by atoms with Gasteiger partial charge in [0.1, 0.15) is 18.3 Å². The van der Waals surface area contributed by atoms with Gasteiger partial charge in [0, 0.05) is 12.1 Å². The van der Waals surface area contributed by atoms with Gasteiger partial charge in [0.05, 0.1) is 17.7 Å². The Morgan fingerprint density at radius 1 is 0.905 bits per heavy atom. The number of benzene rings is 3. The van der Waals surface area contributed by atoms with Gasteiger partial charge >= 0.3 is 0 Å². The van der Waals surface area contributed by atoms with Gasteiger partial charge in [0.25, 0.3) is 10.0 Å². The number of carbonyl (C=O) groups excluding carboxylic acids is 2. The highest BCUT2D eigenvalue weighted by Crippen LogP contribution is 2.29. The van der Waals surface area contributed by atoms with Gasteiger partial charge in [-0.3, -0.25) is 13.9 Å². The Kier molecular flexibility index (Phi) is 10.4. The molecule has 3 aromatic carbocycles. The molecule has 2 amide bonds. The molecule has 0 saturated heterocycles. The number of anilines is 1. The van der Waals surface area contributed by atoms with Crippen molar-refractivity contribution in [2.75, 3.05) is 18.0 Å². The number of methoxy groups -OCH3 is 1. The molecule has 3 aromatic rings. The predicted octanol–water partition coefficient (Wildman–Crippen LogP) is 5.54. The van der Waals surface area contributed by atoms with E-state index >= 15 is 0 Å². The van der Waals surface area contributed by atoms with Crippen molar-refractivity contribution in [3.63, 3.8) is 0 Å². The first kappa shape index (κ1) is 32.7. The van der Waals surface area contributed by atoms with Gasteiger partial charge in [-0.15, -0.1) is 0 Å². The first-order chi connectivity index (χ1) is 19.7. The quantitative estimate of drug-likeness (QED) is 0.315. The van der Waals surface area contributed by atoms with Gasteiger partial charge < -0.3 is 15.0 Å². The Morgan fingerprint density at radius 3 is 2.05 bits per heavy atom. The molecule has 0 aliphatic heterocycles. The van der Waals surface area contributed by atoms with E-state index in [9.17, 15) is 18.0 Å². The summed E-state index contributed by atoms with van der Waals surface area (Å²) in [4.78, 5) is 29.3. The van der Waals surface area contributed by atoms with Crippen LogP contribution in [0.25, 0.3) is 0 Å². The van der Waals surface area contributed by atoms with Crippen LogP contribution in [0.1, 0.15) is 56.4 Å². The lowest BCUT2D eigenvalue weighted by Gasteiger charge is -2.35. The normalized spacial score (nSPS) is 12.4. The van der Waals surface area contributed by atoms with E-state index in [-0.39, 0.29) is 17.3 Å². The Bertz CT molecular complexity index is 1490. The second-order valence-corrected chi connectivity index (χ2v) is 13.5. The summed E-state index contributed by atoms with van der Waals surface area (Å²) >= 11 is 0. The standard InChI is InChI=1S/C33H43N3O5S/c1-9-29(32(38)34-33(5,6)7)35(21-26-14-16-27(41-8)17-15-26)31(37)22-36(30-20-24(3)10-13-25(30)4)42(39,40)28-18-11-23(2)12-19-28/h10-20,29H,9,21-22H2,1-8H3,(H,34,38)/t29-/m0/s1. The molecule has 0 fully saturated rings. The molecule has 1 N–H and O–H groups in total. The van der Waals surface area contributed by atoms with Gasteiger partial charge in [0.15, 0.2) is 0 Å². The summed E-state index contributed by atoms with van der Waals surface area (Å²) in [6.45, 7) is 12.7. The van der Waals surface area contributed by atoms with Crippen molar-refractivity contribution in [3.8, 4) is 5.75 Å². The van der Waals surface area contributed by atoms with Crippen molar-refractivity contribution < 1.29 is 22.7 Å². The molecule has 0 spiro atoms. The van der Waals surface area contributed by atoms with Crippen molar-refractivity contribution in [2.45, 2.75) is 77.9 Å². The minimum atomic E-state index is -4.13. The van der Waals surface area contributed by atoms with Crippen LogP contribution in [0, 0.1) is 20.8 Å². The van der Waals surface area contributed by atoms with Crippen molar-refractivity contribution >= 4 is 27.5 Å². The smallest absolute Gasteiger partial charge is 0.264 e. The minimum absolute atomic E-state index is 0.0843. The third kappa shape index (κ3) is 8.12. The van der Waals surface area contributed by atoms with Crippen LogP contribution < -0.4 is 14.4 Å². The average molecular weight is 594 g/mol. The Balaban J connectivity index is 2.11. The molecule has 0 aromatic heterocycles. The van der Waals surface area contributed by atoms with E-state index in [2.05, 4.69) is 5.32 Å². The van der Waals surface area contributed by atoms with Gasteiger partial charge in [-0.25, -0.2) is 8.42 Å². The van der Waals surface area contributed by atoms with E-state index < -0.39 is 34.1 Å². The third-order valence-electron chi connectivity index (χ3n) is 6.92. The summed E-state index contributed by atoms with van der Waals surface area (Å²) in [5.41, 5.74) is 3.18. The number of nitrogens with zero attached hydrogens (tertiary/aromatic N) is 2. The van der Waals surface area contributed by atoms with Crippen LogP contribution in [0.4, 0.5) is 5.69 Å². The van der Waals surface area contributed by atoms with Crippen LogP contribution >= 0.6 is 0 Å². The highest BCUT2D eigenvalue weighted by Gasteiger charge is 2.35. The second kappa shape index (κ2) is 13.4. The Morgan fingerprint density at radius 2 is 1.50 bits per heavy atom. The summed E-state index contributed by atoms with van der Waals surface area (Å²) in [7, 11) is -2.56. The minimum Gasteiger partial charge on any atom is -0.497 e. The lowest BCUT2D eigenvalue weighted by atomic mass is 10.1. The number of sulfonamides is 1. The zero-order chi connectivity index (χ0) is 31.2. The zero-order valence-electron chi connectivity index (χ0n) is 25.9. The fourth-order valence-corrected chi connectivity index (χ4v) is 6.11. The molecule has 0 radical (unpaired) electrons. The largest absolute Gasteiger partial charge is 0.497 e. The number of ether oxygens (including phenoxy) is 1. The topological polar surface area (TPSA) is 96.0 Å². The van der Waals surface area contributed by atoms with Crippen LogP contribution in [-0.2, 0) is 26.2 Å².